The van der Waals surface area contributed by atoms with Gasteiger partial charge in [-0.3, -0.25) is 4.79 Å². The molecule has 1 aliphatic rings. The number of hydrogen-bond donors (Lipinski definition) is 3. The lowest BCUT2D eigenvalue weighted by molar-refractivity contribution is 0.100. The number of thiophene rings is 1. The maximum atomic E-state index is 11.2. The Morgan fingerprint density at radius 1 is 1.40 bits per heavy atom. The number of nitrogens with two attached hydrogens (primary N) is 2. The number of carbonyl (C=O) groups excluding carboxylic acids is 1. The van der Waals surface area contributed by atoms with Gasteiger partial charge >= 0.3 is 0 Å². The molecule has 1 aliphatic heterocycles. The van der Waals surface area contributed by atoms with Gasteiger partial charge in [-0.15, -0.1) is 11.3 Å². The third-order valence-electron chi connectivity index (χ3n) is 3.44. The Bertz CT molecular complexity index is 528. The molecule has 0 spiro atoms. The second-order valence-electron chi connectivity index (χ2n) is 4.85. The molecule has 1 aromatic heterocycles. The Morgan fingerprint density at radius 2 is 2.10 bits per heavy atom. The van der Waals surface area contributed by atoms with Crippen molar-refractivity contribution in [2.45, 2.75) is 19.3 Å². The number of likely N-dealkylation sites (tertiary alicyclic amines) is 1. The van der Waals surface area contributed by atoms with Gasteiger partial charge in [0.05, 0.1) is 5.69 Å². The van der Waals surface area contributed by atoms with E-state index in [0.29, 0.717) is 10.6 Å². The molecule has 6 nitrogen and oxygen atoms in total. The fourth-order valence-corrected chi connectivity index (χ4v) is 3.32. The smallest absolute Gasteiger partial charge is 0.261 e. The minimum absolute atomic E-state index is 0.186. The summed E-state index contributed by atoms with van der Waals surface area (Å²) in [6, 6.07) is 2.03. The van der Waals surface area contributed by atoms with Crippen molar-refractivity contribution in [3.8, 4) is 6.07 Å². The summed E-state index contributed by atoms with van der Waals surface area (Å²) in [5.74, 6) is -0.590. The van der Waals surface area contributed by atoms with E-state index in [4.69, 9.17) is 16.7 Å². The van der Waals surface area contributed by atoms with E-state index >= 15 is 0 Å². The van der Waals surface area contributed by atoms with Crippen molar-refractivity contribution < 1.29 is 4.79 Å². The molecule has 0 radical (unpaired) electrons. The van der Waals surface area contributed by atoms with E-state index in [1.165, 1.54) is 19.3 Å². The van der Waals surface area contributed by atoms with Gasteiger partial charge < -0.3 is 21.7 Å². The third kappa shape index (κ3) is 3.21. The topological polar surface area (TPSA) is 108 Å². The number of carbonyl (C=O) groups is 1. The van der Waals surface area contributed by atoms with E-state index in [-0.39, 0.29) is 10.6 Å². The zero-order valence-corrected chi connectivity index (χ0v) is 12.1. The van der Waals surface area contributed by atoms with Crippen LogP contribution in [0.1, 0.15) is 34.5 Å². The van der Waals surface area contributed by atoms with Crippen molar-refractivity contribution in [3.05, 3.63) is 10.4 Å². The van der Waals surface area contributed by atoms with Crippen LogP contribution in [-0.4, -0.2) is 37.0 Å². The first-order chi connectivity index (χ1) is 9.63. The van der Waals surface area contributed by atoms with Gasteiger partial charge in [0, 0.05) is 13.1 Å². The quantitative estimate of drug-likeness (QED) is 0.756. The first kappa shape index (κ1) is 14.6. The number of primary amides is 1. The summed E-state index contributed by atoms with van der Waals surface area (Å²) in [5.41, 5.74) is 11.5. The number of piperidine rings is 1. The van der Waals surface area contributed by atoms with Crippen molar-refractivity contribution in [1.29, 1.82) is 5.26 Å². The third-order valence-corrected chi connectivity index (χ3v) is 4.62. The normalized spacial score (nSPS) is 15.8. The van der Waals surface area contributed by atoms with E-state index < -0.39 is 5.91 Å². The molecular weight excluding hydrogens is 274 g/mol. The second-order valence-corrected chi connectivity index (χ2v) is 5.87. The van der Waals surface area contributed by atoms with Crippen LogP contribution in [-0.2, 0) is 0 Å². The molecule has 0 unspecified atom stereocenters. The highest BCUT2D eigenvalue weighted by molar-refractivity contribution is 7.18. The standard InChI is InChI=1S/C13H19N5OS/c14-8-9-10(15)11(12(16)19)20-13(9)17-4-7-18-5-2-1-3-6-18/h17H,1-7,15H2,(H2,16,19). The number of nitrogen functional groups attached to an aromatic ring is 1. The Morgan fingerprint density at radius 3 is 2.70 bits per heavy atom. The Hall–Kier alpha value is -1.78. The van der Waals surface area contributed by atoms with Crippen LogP contribution in [0.2, 0.25) is 0 Å². The molecule has 0 aromatic carbocycles. The summed E-state index contributed by atoms with van der Waals surface area (Å²) >= 11 is 1.15. The zero-order valence-electron chi connectivity index (χ0n) is 11.3. The predicted octanol–water partition coefficient (Wildman–Crippen LogP) is 1.20. The van der Waals surface area contributed by atoms with Crippen LogP contribution < -0.4 is 16.8 Å². The van der Waals surface area contributed by atoms with Crippen LogP contribution in [0.5, 0.6) is 0 Å². The largest absolute Gasteiger partial charge is 0.396 e. The molecule has 108 valence electrons. The van der Waals surface area contributed by atoms with Crippen LogP contribution in [0.4, 0.5) is 10.7 Å². The number of nitriles is 1. The predicted molar refractivity (Wildman–Crippen MR) is 80.7 cm³/mol. The molecule has 1 amide bonds. The van der Waals surface area contributed by atoms with Crippen LogP contribution in [0, 0.1) is 11.3 Å². The van der Waals surface area contributed by atoms with Gasteiger partial charge in [0.15, 0.2) is 0 Å². The monoisotopic (exact) mass is 293 g/mol. The summed E-state index contributed by atoms with van der Waals surface area (Å²) in [6.45, 7) is 3.92. The fourth-order valence-electron chi connectivity index (χ4n) is 2.37. The molecule has 1 aromatic rings. The van der Waals surface area contributed by atoms with Gasteiger partial charge in [-0.25, -0.2) is 0 Å². The van der Waals surface area contributed by atoms with Crippen LogP contribution in [0.15, 0.2) is 0 Å². The molecule has 2 rings (SSSR count). The van der Waals surface area contributed by atoms with Gasteiger partial charge in [-0.2, -0.15) is 5.26 Å². The minimum atomic E-state index is -0.590. The Balaban J connectivity index is 1.97. The molecule has 0 atom stereocenters. The molecular formula is C13H19N5OS. The van der Waals surface area contributed by atoms with Gasteiger partial charge in [0.2, 0.25) is 0 Å². The maximum Gasteiger partial charge on any atom is 0.261 e. The molecule has 20 heavy (non-hydrogen) atoms. The number of amides is 1. The van der Waals surface area contributed by atoms with E-state index in [2.05, 4.69) is 10.2 Å². The first-order valence-corrected chi connectivity index (χ1v) is 7.53. The lowest BCUT2D eigenvalue weighted by Gasteiger charge is -2.26. The van der Waals surface area contributed by atoms with Crippen molar-refractivity contribution in [2.24, 2.45) is 5.73 Å². The van der Waals surface area contributed by atoms with Gasteiger partial charge in [0.25, 0.3) is 5.91 Å². The van der Waals surface area contributed by atoms with E-state index in [1.807, 2.05) is 6.07 Å². The van der Waals surface area contributed by atoms with Crippen molar-refractivity contribution in [2.75, 3.05) is 37.2 Å². The number of anilines is 2. The number of nitrogens with one attached hydrogen (secondary N) is 1. The van der Waals surface area contributed by atoms with Gasteiger partial charge in [-0.05, 0) is 25.9 Å². The number of hydrogen-bond acceptors (Lipinski definition) is 6. The molecule has 1 fully saturated rings. The van der Waals surface area contributed by atoms with Crippen LogP contribution in [0.3, 0.4) is 0 Å². The average Bonchev–Trinajstić information content (AvgIpc) is 2.76. The summed E-state index contributed by atoms with van der Waals surface area (Å²) in [7, 11) is 0. The Labute approximate surface area is 122 Å². The highest BCUT2D eigenvalue weighted by Crippen LogP contribution is 2.34. The van der Waals surface area contributed by atoms with E-state index in [9.17, 15) is 4.79 Å². The Kier molecular flexibility index (Phi) is 4.82. The fraction of sp³-hybridized carbons (Fsp3) is 0.538. The summed E-state index contributed by atoms with van der Waals surface area (Å²) in [5, 5.41) is 12.9. The van der Waals surface area contributed by atoms with Crippen LogP contribution >= 0.6 is 11.3 Å². The molecule has 5 N–H and O–H groups in total. The van der Waals surface area contributed by atoms with Gasteiger partial charge in [-0.1, -0.05) is 6.42 Å². The highest BCUT2D eigenvalue weighted by atomic mass is 32.1. The first-order valence-electron chi connectivity index (χ1n) is 6.72. The summed E-state index contributed by atoms with van der Waals surface area (Å²) in [4.78, 5) is 13.9. The molecule has 7 heteroatoms. The maximum absolute atomic E-state index is 11.2. The average molecular weight is 293 g/mol. The molecule has 0 aliphatic carbocycles. The van der Waals surface area contributed by atoms with Crippen molar-refractivity contribution in [1.82, 2.24) is 4.90 Å². The molecule has 0 saturated carbocycles. The summed E-state index contributed by atoms with van der Waals surface area (Å²) < 4.78 is 0. The van der Waals surface area contributed by atoms with Crippen molar-refractivity contribution >= 4 is 27.9 Å². The number of nitrogens with zero attached hydrogens (tertiary/aromatic N) is 2. The molecule has 2 heterocycles. The SMILES string of the molecule is N#Cc1c(NCCN2CCCCC2)sc(C(N)=O)c1N. The lowest BCUT2D eigenvalue weighted by atomic mass is 10.1. The molecule has 0 bridgehead atoms. The second kappa shape index (κ2) is 6.59. The van der Waals surface area contributed by atoms with Crippen molar-refractivity contribution in [3.63, 3.8) is 0 Å². The van der Waals surface area contributed by atoms with Gasteiger partial charge in [0.1, 0.15) is 21.5 Å². The number of rotatable bonds is 5. The van der Waals surface area contributed by atoms with E-state index in [0.717, 1.165) is 37.5 Å². The molecule has 1 saturated heterocycles. The minimum Gasteiger partial charge on any atom is -0.396 e. The van der Waals surface area contributed by atoms with E-state index in [1.54, 1.807) is 0 Å². The lowest BCUT2D eigenvalue weighted by Crippen LogP contribution is -2.33. The summed E-state index contributed by atoms with van der Waals surface area (Å²) in [6.07, 6.45) is 3.81. The van der Waals surface area contributed by atoms with Crippen LogP contribution in [0.25, 0.3) is 0 Å². The highest BCUT2D eigenvalue weighted by Gasteiger charge is 2.19. The zero-order chi connectivity index (χ0) is 14.5.